The van der Waals surface area contributed by atoms with Crippen molar-refractivity contribution >= 4 is 41.3 Å². The Kier molecular flexibility index (Phi) is 5.08. The first-order valence-electron chi connectivity index (χ1n) is 8.68. The molecule has 4 rings (SSSR count). The molecule has 0 spiro atoms. The molecule has 0 bridgehead atoms. The molecule has 0 atom stereocenters. The number of aromatic nitrogens is 3. The van der Waals surface area contributed by atoms with Crippen molar-refractivity contribution in [3.8, 4) is 11.3 Å². The molecule has 10 heteroatoms. The third kappa shape index (κ3) is 3.94. The van der Waals surface area contributed by atoms with Gasteiger partial charge in [0.1, 0.15) is 0 Å². The molecular formula is C20H15F3N6S. The first-order chi connectivity index (χ1) is 14.4. The van der Waals surface area contributed by atoms with Crippen LogP contribution in [0.3, 0.4) is 0 Å². The lowest BCUT2D eigenvalue weighted by atomic mass is 10.1. The Morgan fingerprint density at radius 3 is 2.60 bits per heavy atom. The van der Waals surface area contributed by atoms with Crippen molar-refractivity contribution in [2.24, 2.45) is 5.10 Å². The Morgan fingerprint density at radius 1 is 1.07 bits per heavy atom. The summed E-state index contributed by atoms with van der Waals surface area (Å²) in [6.45, 7) is 3.62. The normalized spacial score (nSPS) is 11.6. The van der Waals surface area contributed by atoms with E-state index in [2.05, 4.69) is 21.9 Å². The van der Waals surface area contributed by atoms with Crippen LogP contribution in [-0.4, -0.2) is 26.8 Å². The van der Waals surface area contributed by atoms with E-state index in [0.29, 0.717) is 34.1 Å². The molecule has 152 valence electrons. The zero-order chi connectivity index (χ0) is 21.3. The van der Waals surface area contributed by atoms with Crippen LogP contribution >= 0.6 is 11.8 Å². The second kappa shape index (κ2) is 7.71. The average molecular weight is 428 g/mol. The van der Waals surface area contributed by atoms with E-state index in [1.807, 2.05) is 6.07 Å². The summed E-state index contributed by atoms with van der Waals surface area (Å²) < 4.78 is 39.7. The maximum atomic E-state index is 12.7. The number of nitrogens with two attached hydrogens (primary N) is 1. The lowest BCUT2D eigenvalue weighted by Gasteiger charge is -2.20. The van der Waals surface area contributed by atoms with Gasteiger partial charge in [-0.05, 0) is 36.0 Å². The molecule has 2 heterocycles. The smallest absolute Gasteiger partial charge is 0.397 e. The summed E-state index contributed by atoms with van der Waals surface area (Å²) in [5.41, 5.74) is 4.34. The number of anilines is 3. The minimum atomic E-state index is -4.36. The fourth-order valence-electron chi connectivity index (χ4n) is 2.99. The highest BCUT2D eigenvalue weighted by molar-refractivity contribution is 8.00. The molecule has 0 aliphatic heterocycles. The van der Waals surface area contributed by atoms with Gasteiger partial charge < -0.3 is 5.73 Å². The highest BCUT2D eigenvalue weighted by Crippen LogP contribution is 2.38. The summed E-state index contributed by atoms with van der Waals surface area (Å²) in [5.74, 6) is 0.528. The van der Waals surface area contributed by atoms with E-state index in [4.69, 9.17) is 5.73 Å². The molecule has 0 aliphatic carbocycles. The molecule has 0 amide bonds. The van der Waals surface area contributed by atoms with E-state index in [-0.39, 0.29) is 16.7 Å². The molecule has 0 aliphatic rings. The zero-order valence-corrected chi connectivity index (χ0v) is 16.2. The SMILES string of the molecule is C=NN(c1ccccc1N)c1ccnc2cc(-c3cccc(SC(F)(F)F)c3)nn12. The van der Waals surface area contributed by atoms with E-state index in [1.54, 1.807) is 53.2 Å². The van der Waals surface area contributed by atoms with E-state index < -0.39 is 5.51 Å². The Morgan fingerprint density at radius 2 is 1.87 bits per heavy atom. The molecule has 0 fully saturated rings. The number of nitrogens with zero attached hydrogens (tertiary/aromatic N) is 5. The van der Waals surface area contributed by atoms with Gasteiger partial charge in [0.05, 0.1) is 17.1 Å². The number of hydrogen-bond donors (Lipinski definition) is 1. The summed E-state index contributed by atoms with van der Waals surface area (Å²) >= 11 is -0.169. The summed E-state index contributed by atoms with van der Waals surface area (Å²) in [7, 11) is 0. The standard InChI is InChI=1S/C20H15F3N6S/c1-25-28(17-8-3-2-7-15(17)24)19-9-10-26-18-12-16(27-29(18)19)13-5-4-6-14(11-13)30-20(21,22)23/h2-12H,1,24H2. The maximum absolute atomic E-state index is 12.7. The van der Waals surface area contributed by atoms with Crippen molar-refractivity contribution < 1.29 is 13.2 Å². The molecule has 2 aromatic heterocycles. The number of thioether (sulfide) groups is 1. The van der Waals surface area contributed by atoms with Crippen molar-refractivity contribution in [2.45, 2.75) is 10.4 Å². The molecule has 0 saturated carbocycles. The third-order valence-electron chi connectivity index (χ3n) is 4.22. The van der Waals surface area contributed by atoms with Crippen LogP contribution in [0.1, 0.15) is 0 Å². The van der Waals surface area contributed by atoms with Crippen LogP contribution < -0.4 is 10.7 Å². The minimum absolute atomic E-state index is 0.0803. The number of para-hydroxylation sites is 2. The predicted molar refractivity (Wildman–Crippen MR) is 113 cm³/mol. The van der Waals surface area contributed by atoms with Gasteiger partial charge in [-0.2, -0.15) is 27.9 Å². The Labute approximate surface area is 173 Å². The van der Waals surface area contributed by atoms with Gasteiger partial charge in [-0.25, -0.2) is 9.99 Å². The Bertz CT molecular complexity index is 1220. The van der Waals surface area contributed by atoms with Gasteiger partial charge in [-0.3, -0.25) is 0 Å². The first-order valence-corrected chi connectivity index (χ1v) is 9.49. The van der Waals surface area contributed by atoms with Crippen LogP contribution in [0.4, 0.5) is 30.4 Å². The van der Waals surface area contributed by atoms with Gasteiger partial charge in [-0.1, -0.05) is 24.3 Å². The molecule has 2 N–H and O–H groups in total. The predicted octanol–water partition coefficient (Wildman–Crippen LogP) is 5.34. The van der Waals surface area contributed by atoms with E-state index in [0.717, 1.165) is 0 Å². The van der Waals surface area contributed by atoms with Crippen molar-refractivity contribution in [1.82, 2.24) is 14.6 Å². The van der Waals surface area contributed by atoms with Crippen molar-refractivity contribution in [3.63, 3.8) is 0 Å². The summed E-state index contributed by atoms with van der Waals surface area (Å²) in [4.78, 5) is 4.38. The average Bonchev–Trinajstić information content (AvgIpc) is 3.14. The third-order valence-corrected chi connectivity index (χ3v) is 4.95. The lowest BCUT2D eigenvalue weighted by molar-refractivity contribution is -0.0328. The van der Waals surface area contributed by atoms with Crippen LogP contribution in [-0.2, 0) is 0 Å². The number of benzene rings is 2. The Balaban J connectivity index is 1.79. The highest BCUT2D eigenvalue weighted by Gasteiger charge is 2.29. The van der Waals surface area contributed by atoms with Crippen molar-refractivity contribution in [3.05, 3.63) is 66.9 Å². The molecule has 2 aromatic carbocycles. The minimum Gasteiger partial charge on any atom is -0.397 e. The lowest BCUT2D eigenvalue weighted by Crippen LogP contribution is -2.14. The van der Waals surface area contributed by atoms with E-state index in [9.17, 15) is 13.2 Å². The van der Waals surface area contributed by atoms with Crippen LogP contribution in [0.25, 0.3) is 16.9 Å². The molecule has 4 aromatic rings. The number of hydrogen-bond acceptors (Lipinski definition) is 6. The number of nitrogen functional groups attached to an aromatic ring is 1. The Hall–Kier alpha value is -3.53. The van der Waals surface area contributed by atoms with Crippen LogP contribution in [0.5, 0.6) is 0 Å². The molecule has 0 saturated heterocycles. The van der Waals surface area contributed by atoms with Crippen LogP contribution in [0.15, 0.2) is 76.9 Å². The second-order valence-electron chi connectivity index (χ2n) is 6.19. The van der Waals surface area contributed by atoms with Crippen molar-refractivity contribution in [2.75, 3.05) is 10.7 Å². The van der Waals surface area contributed by atoms with Gasteiger partial charge in [0, 0.05) is 35.5 Å². The van der Waals surface area contributed by atoms with Gasteiger partial charge >= 0.3 is 5.51 Å². The largest absolute Gasteiger partial charge is 0.446 e. The number of halogens is 3. The second-order valence-corrected chi connectivity index (χ2v) is 7.33. The van der Waals surface area contributed by atoms with Crippen molar-refractivity contribution in [1.29, 1.82) is 0 Å². The number of hydrazone groups is 1. The summed E-state index contributed by atoms with van der Waals surface area (Å²) in [6.07, 6.45) is 1.59. The maximum Gasteiger partial charge on any atom is 0.446 e. The molecule has 30 heavy (non-hydrogen) atoms. The quantitative estimate of drug-likeness (QED) is 0.201. The molecule has 0 unspecified atom stereocenters. The van der Waals surface area contributed by atoms with Gasteiger partial charge in [0.15, 0.2) is 11.5 Å². The highest BCUT2D eigenvalue weighted by atomic mass is 32.2. The summed E-state index contributed by atoms with van der Waals surface area (Å²) in [5, 5.41) is 10.1. The molecular weight excluding hydrogens is 413 g/mol. The molecule has 6 nitrogen and oxygen atoms in total. The first kappa shape index (κ1) is 19.8. The van der Waals surface area contributed by atoms with E-state index >= 15 is 0 Å². The number of rotatable bonds is 5. The molecule has 0 radical (unpaired) electrons. The fourth-order valence-corrected chi connectivity index (χ4v) is 3.59. The van der Waals surface area contributed by atoms with Gasteiger partial charge in [-0.15, -0.1) is 0 Å². The van der Waals surface area contributed by atoms with E-state index in [1.165, 1.54) is 17.1 Å². The number of alkyl halides is 3. The summed E-state index contributed by atoms with van der Waals surface area (Å²) in [6, 6.07) is 16.6. The monoisotopic (exact) mass is 428 g/mol. The fraction of sp³-hybridized carbons (Fsp3) is 0.0500. The number of fused-ring (bicyclic) bond motifs is 1. The topological polar surface area (TPSA) is 71.8 Å². The van der Waals surface area contributed by atoms with Crippen LogP contribution in [0, 0.1) is 0 Å². The van der Waals surface area contributed by atoms with Gasteiger partial charge in [0.2, 0.25) is 0 Å². The zero-order valence-electron chi connectivity index (χ0n) is 15.4. The van der Waals surface area contributed by atoms with Crippen LogP contribution in [0.2, 0.25) is 0 Å². The van der Waals surface area contributed by atoms with Gasteiger partial charge in [0.25, 0.3) is 0 Å².